The number of carboxylic acids is 1. The van der Waals surface area contributed by atoms with Crippen molar-refractivity contribution < 1.29 is 29.0 Å². The molecule has 1 saturated carbocycles. The molecule has 1 saturated heterocycles. The normalized spacial score (nSPS) is 29.9. The summed E-state index contributed by atoms with van der Waals surface area (Å²) in [6.45, 7) is 5.02. The molecule has 1 N–H and O–H groups in total. The van der Waals surface area contributed by atoms with E-state index in [1.807, 2.05) is 0 Å². The zero-order chi connectivity index (χ0) is 14.4. The van der Waals surface area contributed by atoms with Gasteiger partial charge in [-0.05, 0) is 33.6 Å². The molecule has 2 fully saturated rings. The molecule has 1 aliphatic carbocycles. The van der Waals surface area contributed by atoms with Gasteiger partial charge in [0.05, 0.1) is 12.0 Å². The third-order valence-electron chi connectivity index (χ3n) is 3.21. The maximum absolute atomic E-state index is 12.0. The van der Waals surface area contributed by atoms with Gasteiger partial charge in [0.1, 0.15) is 11.7 Å². The maximum atomic E-state index is 12.0. The summed E-state index contributed by atoms with van der Waals surface area (Å²) in [7, 11) is 0. The number of rotatable bonds is 1. The first-order valence-corrected chi connectivity index (χ1v) is 6.16. The average molecular weight is 271 g/mol. The minimum atomic E-state index is -1.03. The van der Waals surface area contributed by atoms with Crippen molar-refractivity contribution in [1.82, 2.24) is 4.90 Å². The van der Waals surface area contributed by atoms with Crippen LogP contribution in [0.25, 0.3) is 0 Å². The summed E-state index contributed by atoms with van der Waals surface area (Å²) < 4.78 is 10.2. The molecule has 2 amide bonds. The van der Waals surface area contributed by atoms with Crippen LogP contribution in [0.2, 0.25) is 0 Å². The van der Waals surface area contributed by atoms with Crippen LogP contribution in [-0.4, -0.2) is 45.9 Å². The highest BCUT2D eigenvalue weighted by Crippen LogP contribution is 2.38. The largest absolute Gasteiger partial charge is 0.481 e. The lowest BCUT2D eigenvalue weighted by Crippen LogP contribution is -2.47. The second kappa shape index (κ2) is 4.40. The molecule has 1 heterocycles. The van der Waals surface area contributed by atoms with Crippen LogP contribution < -0.4 is 0 Å². The number of imide groups is 1. The van der Waals surface area contributed by atoms with Gasteiger partial charge in [-0.15, -0.1) is 0 Å². The number of nitrogens with zero attached hydrogens (tertiary/aromatic N) is 1. The molecular weight excluding hydrogens is 254 g/mol. The predicted octanol–water partition coefficient (Wildman–Crippen LogP) is 1.61. The van der Waals surface area contributed by atoms with Gasteiger partial charge < -0.3 is 14.6 Å². The molecular formula is C12H17NO6. The highest BCUT2D eigenvalue weighted by molar-refractivity contribution is 5.91. The molecule has 2 rings (SSSR count). The number of carboxylic acid groups (broad SMARTS) is 1. The van der Waals surface area contributed by atoms with E-state index in [0.717, 1.165) is 4.90 Å². The van der Waals surface area contributed by atoms with Crippen molar-refractivity contribution in [2.45, 2.75) is 51.4 Å². The van der Waals surface area contributed by atoms with Gasteiger partial charge in [0, 0.05) is 0 Å². The Balaban J connectivity index is 2.20. The lowest BCUT2D eigenvalue weighted by Gasteiger charge is -2.26. The van der Waals surface area contributed by atoms with Gasteiger partial charge in [-0.25, -0.2) is 14.5 Å². The van der Waals surface area contributed by atoms with Gasteiger partial charge in [0.15, 0.2) is 0 Å². The Labute approximate surface area is 110 Å². The third kappa shape index (κ3) is 2.50. The van der Waals surface area contributed by atoms with Crippen LogP contribution in [0.4, 0.5) is 9.59 Å². The quantitative estimate of drug-likeness (QED) is 0.778. The van der Waals surface area contributed by atoms with Gasteiger partial charge in [0.2, 0.25) is 0 Å². The number of amides is 2. The highest BCUT2D eigenvalue weighted by atomic mass is 16.6. The Morgan fingerprint density at radius 2 is 2.00 bits per heavy atom. The van der Waals surface area contributed by atoms with Gasteiger partial charge >= 0.3 is 18.2 Å². The number of hydrogen-bond acceptors (Lipinski definition) is 5. The molecule has 7 nitrogen and oxygen atoms in total. The minimum Gasteiger partial charge on any atom is -0.481 e. The van der Waals surface area contributed by atoms with E-state index in [9.17, 15) is 14.4 Å². The van der Waals surface area contributed by atoms with Gasteiger partial charge in [0.25, 0.3) is 0 Å². The first-order valence-electron chi connectivity index (χ1n) is 6.16. The fraction of sp³-hybridized carbons (Fsp3) is 0.750. The van der Waals surface area contributed by atoms with Crippen LogP contribution in [-0.2, 0) is 14.3 Å². The van der Waals surface area contributed by atoms with Crippen molar-refractivity contribution in [3.05, 3.63) is 0 Å². The summed E-state index contributed by atoms with van der Waals surface area (Å²) >= 11 is 0. The average Bonchev–Trinajstić information content (AvgIpc) is 2.71. The van der Waals surface area contributed by atoms with Crippen LogP contribution >= 0.6 is 0 Å². The summed E-state index contributed by atoms with van der Waals surface area (Å²) in [6.07, 6.45) is -1.38. The Morgan fingerprint density at radius 3 is 2.53 bits per heavy atom. The summed E-state index contributed by atoms with van der Waals surface area (Å²) in [5, 5.41) is 9.13. The van der Waals surface area contributed by atoms with Crippen LogP contribution in [0.15, 0.2) is 0 Å². The zero-order valence-electron chi connectivity index (χ0n) is 11.1. The number of carbonyl (C=O) groups excluding carboxylic acids is 2. The molecule has 106 valence electrons. The molecule has 0 spiro atoms. The number of ether oxygens (including phenoxy) is 2. The van der Waals surface area contributed by atoms with Crippen molar-refractivity contribution in [2.24, 2.45) is 5.92 Å². The first-order chi connectivity index (χ1) is 8.70. The number of carbonyl (C=O) groups is 3. The van der Waals surface area contributed by atoms with Crippen molar-refractivity contribution in [1.29, 1.82) is 0 Å². The molecule has 2 aliphatic rings. The monoisotopic (exact) mass is 271 g/mol. The molecule has 0 unspecified atom stereocenters. The van der Waals surface area contributed by atoms with E-state index >= 15 is 0 Å². The SMILES string of the molecule is CC(C)(C)OC(=O)N1C(=O)O[C@H]2CC[C@@H](C(=O)O)[C@H]21. The van der Waals surface area contributed by atoms with Crippen LogP contribution in [0.1, 0.15) is 33.6 Å². The molecule has 3 atom stereocenters. The fourth-order valence-corrected chi connectivity index (χ4v) is 2.50. The Bertz CT molecular complexity index is 426. The fourth-order valence-electron chi connectivity index (χ4n) is 2.50. The van der Waals surface area contributed by atoms with Crippen molar-refractivity contribution >= 4 is 18.2 Å². The van der Waals surface area contributed by atoms with Crippen LogP contribution in [0, 0.1) is 5.92 Å². The molecule has 1 aliphatic heterocycles. The highest BCUT2D eigenvalue weighted by Gasteiger charge is 2.56. The minimum absolute atomic E-state index is 0.386. The summed E-state index contributed by atoms with van der Waals surface area (Å²) in [4.78, 5) is 35.7. The summed E-state index contributed by atoms with van der Waals surface area (Å²) in [5.41, 5.74) is -0.757. The molecule has 0 bridgehead atoms. The van der Waals surface area contributed by atoms with Crippen molar-refractivity contribution in [2.75, 3.05) is 0 Å². The van der Waals surface area contributed by atoms with E-state index in [0.29, 0.717) is 12.8 Å². The Morgan fingerprint density at radius 1 is 1.37 bits per heavy atom. The predicted molar refractivity (Wildman–Crippen MR) is 62.5 cm³/mol. The second-order valence-electron chi connectivity index (χ2n) is 5.79. The van der Waals surface area contributed by atoms with E-state index in [1.54, 1.807) is 20.8 Å². The zero-order valence-corrected chi connectivity index (χ0v) is 11.1. The number of aliphatic carboxylic acids is 1. The Kier molecular flexibility index (Phi) is 3.15. The summed E-state index contributed by atoms with van der Waals surface area (Å²) in [6, 6.07) is -0.764. The molecule has 0 aromatic heterocycles. The van der Waals surface area contributed by atoms with Crippen LogP contribution in [0.3, 0.4) is 0 Å². The lowest BCUT2D eigenvalue weighted by molar-refractivity contribution is -0.142. The smallest absolute Gasteiger partial charge is 0.420 e. The second-order valence-corrected chi connectivity index (χ2v) is 5.79. The van der Waals surface area contributed by atoms with Gasteiger partial charge in [-0.3, -0.25) is 4.79 Å². The number of fused-ring (bicyclic) bond motifs is 1. The van der Waals surface area contributed by atoms with Gasteiger partial charge in [-0.1, -0.05) is 0 Å². The third-order valence-corrected chi connectivity index (χ3v) is 3.21. The first kappa shape index (κ1) is 13.6. The molecule has 19 heavy (non-hydrogen) atoms. The van der Waals surface area contributed by atoms with E-state index in [4.69, 9.17) is 14.6 Å². The molecule has 7 heteroatoms. The number of hydrogen-bond donors (Lipinski definition) is 1. The van der Waals surface area contributed by atoms with E-state index < -0.39 is 41.8 Å². The topological polar surface area (TPSA) is 93.1 Å². The lowest BCUT2D eigenvalue weighted by atomic mass is 10.0. The Hall–Kier alpha value is -1.79. The van der Waals surface area contributed by atoms with E-state index in [2.05, 4.69) is 0 Å². The molecule has 0 aromatic carbocycles. The maximum Gasteiger partial charge on any atom is 0.420 e. The van der Waals surface area contributed by atoms with Crippen molar-refractivity contribution in [3.8, 4) is 0 Å². The van der Waals surface area contributed by atoms with Crippen LogP contribution in [0.5, 0.6) is 0 Å². The van der Waals surface area contributed by atoms with Gasteiger partial charge in [-0.2, -0.15) is 0 Å². The van der Waals surface area contributed by atoms with Crippen molar-refractivity contribution in [3.63, 3.8) is 0 Å². The molecule has 0 aromatic rings. The standard InChI is InChI=1S/C12H17NO6/c1-12(2,3)19-11(17)13-8-6(9(14)15)4-5-7(8)18-10(13)16/h6-8H,4-5H2,1-3H3,(H,14,15)/t6-,7+,8-/m1/s1. The van der Waals surface area contributed by atoms with E-state index in [1.165, 1.54) is 0 Å². The van der Waals surface area contributed by atoms with E-state index in [-0.39, 0.29) is 0 Å². The molecule has 0 radical (unpaired) electrons. The summed E-state index contributed by atoms with van der Waals surface area (Å²) in [5.74, 6) is -1.82.